The molecule has 8 heteroatoms. The van der Waals surface area contributed by atoms with Gasteiger partial charge in [0.2, 0.25) is 5.91 Å². The first-order valence-electron chi connectivity index (χ1n) is 7.56. The molecular formula is C15H22N2O6. The average molecular weight is 326 g/mol. The van der Waals surface area contributed by atoms with E-state index < -0.39 is 41.1 Å². The molecule has 8 nitrogen and oxygen atoms in total. The van der Waals surface area contributed by atoms with E-state index in [9.17, 15) is 14.7 Å². The molecule has 2 amide bonds. The summed E-state index contributed by atoms with van der Waals surface area (Å²) in [4.78, 5) is 24.9. The summed E-state index contributed by atoms with van der Waals surface area (Å²) in [6, 6.07) is -0.809. The number of hydrogen-bond acceptors (Lipinski definition) is 6. The van der Waals surface area contributed by atoms with Crippen LogP contribution in [0.5, 0.6) is 0 Å². The van der Waals surface area contributed by atoms with Gasteiger partial charge in [-0.1, -0.05) is 6.58 Å². The molecule has 23 heavy (non-hydrogen) atoms. The lowest BCUT2D eigenvalue weighted by molar-refractivity contribution is -0.233. The molecule has 0 unspecified atom stereocenters. The summed E-state index contributed by atoms with van der Waals surface area (Å²) in [5.74, 6) is -1.99. The molecule has 4 saturated heterocycles. The van der Waals surface area contributed by atoms with Gasteiger partial charge in [-0.2, -0.15) is 0 Å². The molecule has 4 aliphatic rings. The van der Waals surface area contributed by atoms with Gasteiger partial charge >= 0.3 is 0 Å². The monoisotopic (exact) mass is 326 g/mol. The van der Waals surface area contributed by atoms with Crippen molar-refractivity contribution in [2.24, 2.45) is 0 Å². The van der Waals surface area contributed by atoms with E-state index in [2.05, 4.69) is 17.2 Å². The molecule has 2 bridgehead atoms. The lowest BCUT2D eigenvalue weighted by atomic mass is 9.86. The number of amides is 2. The van der Waals surface area contributed by atoms with E-state index in [1.165, 1.54) is 0 Å². The van der Waals surface area contributed by atoms with Crippen LogP contribution in [-0.4, -0.2) is 59.4 Å². The van der Waals surface area contributed by atoms with Gasteiger partial charge in [0, 0.05) is 0 Å². The Labute approximate surface area is 134 Å². The van der Waals surface area contributed by atoms with Crippen LogP contribution in [0.3, 0.4) is 0 Å². The predicted octanol–water partition coefficient (Wildman–Crippen LogP) is -0.824. The van der Waals surface area contributed by atoms with Gasteiger partial charge in [-0.25, -0.2) is 0 Å². The Morgan fingerprint density at radius 1 is 1.30 bits per heavy atom. The molecule has 0 aromatic carbocycles. The maximum Gasteiger partial charge on any atom is 0.277 e. The summed E-state index contributed by atoms with van der Waals surface area (Å²) in [6.45, 7) is 9.04. The highest BCUT2D eigenvalue weighted by Crippen LogP contribution is 2.38. The molecule has 0 aromatic heterocycles. The van der Waals surface area contributed by atoms with Crippen LogP contribution in [0, 0.1) is 0 Å². The minimum Gasteiger partial charge on any atom is -0.384 e. The van der Waals surface area contributed by atoms with Crippen LogP contribution in [0.4, 0.5) is 0 Å². The molecule has 4 fully saturated rings. The molecule has 0 saturated carbocycles. The number of aliphatic hydroxyl groups excluding tert-OH is 1. The average Bonchev–Trinajstić information content (AvgIpc) is 2.74. The zero-order valence-electron chi connectivity index (χ0n) is 13.5. The number of aliphatic hydroxyl groups is 1. The Balaban J connectivity index is 1.95. The summed E-state index contributed by atoms with van der Waals surface area (Å²) in [5, 5.41) is 16.0. The Hall–Kier alpha value is -1.48. The van der Waals surface area contributed by atoms with Crippen molar-refractivity contribution in [2.45, 2.75) is 56.5 Å². The highest BCUT2D eigenvalue weighted by Gasteiger charge is 2.62. The maximum absolute atomic E-state index is 12.6. The Bertz CT molecular complexity index is 576. The Kier molecular flexibility index (Phi) is 3.57. The number of ether oxygens (including phenoxy) is 3. The molecule has 0 radical (unpaired) electrons. The first kappa shape index (κ1) is 16.4. The van der Waals surface area contributed by atoms with Crippen LogP contribution >= 0.6 is 0 Å². The van der Waals surface area contributed by atoms with Crippen LogP contribution in [0.25, 0.3) is 0 Å². The standard InChI is InChI=1S/C15H22N2O6/c1-8-5-6-21-15(12(20)16-9(8)10(18)17-15)11(19)14(4)7-22-13(2,3)23-14/h9,11,19H,1,5-7H2,2-4H3,(H,16,20)(H,17,18)/t9-,11-,14-,15-/m0/s1. The van der Waals surface area contributed by atoms with Crippen molar-refractivity contribution in [1.82, 2.24) is 10.6 Å². The van der Waals surface area contributed by atoms with E-state index >= 15 is 0 Å². The van der Waals surface area contributed by atoms with Crippen LogP contribution in [-0.2, 0) is 23.8 Å². The number of fused-ring (bicyclic) bond motifs is 5. The predicted molar refractivity (Wildman–Crippen MR) is 78.0 cm³/mol. The van der Waals surface area contributed by atoms with E-state index in [1.54, 1.807) is 20.8 Å². The van der Waals surface area contributed by atoms with E-state index in [1.807, 2.05) is 0 Å². The lowest BCUT2D eigenvalue weighted by Crippen LogP contribution is -2.79. The highest BCUT2D eigenvalue weighted by molar-refractivity contribution is 6.01. The van der Waals surface area contributed by atoms with Crippen molar-refractivity contribution < 1.29 is 28.9 Å². The SMILES string of the molecule is C=C1CCO[C@]2([C@@H](O)[C@]3(C)COC(C)(C)O3)NC(=O)[C@H]1NC2=O. The van der Waals surface area contributed by atoms with Crippen LogP contribution in [0.15, 0.2) is 12.2 Å². The van der Waals surface area contributed by atoms with Crippen molar-refractivity contribution >= 4 is 11.8 Å². The molecule has 4 aliphatic heterocycles. The lowest BCUT2D eigenvalue weighted by Gasteiger charge is -2.47. The quantitative estimate of drug-likeness (QED) is 0.572. The minimum atomic E-state index is -1.91. The van der Waals surface area contributed by atoms with Crippen molar-refractivity contribution in [2.75, 3.05) is 13.2 Å². The van der Waals surface area contributed by atoms with Crippen molar-refractivity contribution in [3.63, 3.8) is 0 Å². The fraction of sp³-hybridized carbons (Fsp3) is 0.733. The highest BCUT2D eigenvalue weighted by atomic mass is 16.8. The van der Waals surface area contributed by atoms with Crippen molar-refractivity contribution in [1.29, 1.82) is 0 Å². The normalized spacial score (nSPS) is 41.0. The number of rotatable bonds is 2. The van der Waals surface area contributed by atoms with Gasteiger partial charge in [-0.15, -0.1) is 0 Å². The van der Waals surface area contributed by atoms with Gasteiger partial charge in [0.05, 0.1) is 13.2 Å². The van der Waals surface area contributed by atoms with Gasteiger partial charge in [0.1, 0.15) is 17.7 Å². The molecule has 4 heterocycles. The fourth-order valence-corrected chi connectivity index (χ4v) is 3.27. The molecule has 128 valence electrons. The van der Waals surface area contributed by atoms with Crippen molar-refractivity contribution in [3.8, 4) is 0 Å². The zero-order valence-corrected chi connectivity index (χ0v) is 13.5. The second-order valence-corrected chi connectivity index (χ2v) is 6.89. The minimum absolute atomic E-state index is 0.0611. The topological polar surface area (TPSA) is 106 Å². The van der Waals surface area contributed by atoms with E-state index in [-0.39, 0.29) is 13.2 Å². The molecule has 4 rings (SSSR count). The van der Waals surface area contributed by atoms with Gasteiger partial charge in [-0.05, 0) is 32.8 Å². The third-order valence-electron chi connectivity index (χ3n) is 4.49. The van der Waals surface area contributed by atoms with Crippen molar-refractivity contribution in [3.05, 3.63) is 12.2 Å². The number of nitrogens with one attached hydrogen (secondary N) is 2. The van der Waals surface area contributed by atoms with Gasteiger partial charge < -0.3 is 30.0 Å². The number of carbonyl (C=O) groups is 2. The third kappa shape index (κ3) is 2.46. The molecule has 3 N–H and O–H groups in total. The Morgan fingerprint density at radius 3 is 2.61 bits per heavy atom. The fourth-order valence-electron chi connectivity index (χ4n) is 3.27. The molecule has 0 spiro atoms. The van der Waals surface area contributed by atoms with Gasteiger partial charge in [0.25, 0.3) is 11.6 Å². The van der Waals surface area contributed by atoms with Crippen LogP contribution < -0.4 is 10.6 Å². The smallest absolute Gasteiger partial charge is 0.277 e. The summed E-state index contributed by atoms with van der Waals surface area (Å²) >= 11 is 0. The summed E-state index contributed by atoms with van der Waals surface area (Å²) in [6.07, 6.45) is -1.04. The maximum atomic E-state index is 12.6. The molecular weight excluding hydrogens is 304 g/mol. The van der Waals surface area contributed by atoms with Gasteiger partial charge in [0.15, 0.2) is 5.79 Å². The molecule has 0 aromatic rings. The largest absolute Gasteiger partial charge is 0.384 e. The van der Waals surface area contributed by atoms with E-state index in [0.717, 1.165) is 0 Å². The third-order valence-corrected chi connectivity index (χ3v) is 4.49. The first-order valence-corrected chi connectivity index (χ1v) is 7.56. The summed E-state index contributed by atoms with van der Waals surface area (Å²) in [7, 11) is 0. The number of carbonyl (C=O) groups excluding carboxylic acids is 2. The molecule has 0 aliphatic carbocycles. The van der Waals surface area contributed by atoms with Gasteiger partial charge in [-0.3, -0.25) is 9.59 Å². The Morgan fingerprint density at radius 2 is 2.00 bits per heavy atom. The van der Waals surface area contributed by atoms with Crippen LogP contribution in [0.1, 0.15) is 27.2 Å². The van der Waals surface area contributed by atoms with E-state index in [4.69, 9.17) is 14.2 Å². The summed E-state index contributed by atoms with van der Waals surface area (Å²) in [5.41, 5.74) is -2.56. The summed E-state index contributed by atoms with van der Waals surface area (Å²) < 4.78 is 16.9. The van der Waals surface area contributed by atoms with Crippen LogP contribution in [0.2, 0.25) is 0 Å². The second kappa shape index (κ2) is 5.01. The number of piperazine rings is 1. The number of hydrogen-bond donors (Lipinski definition) is 3. The second-order valence-electron chi connectivity index (χ2n) is 6.89. The zero-order chi connectivity index (χ0) is 17.0. The molecule has 4 atom stereocenters. The first-order chi connectivity index (χ1) is 10.6. The van der Waals surface area contributed by atoms with E-state index in [0.29, 0.717) is 12.0 Å².